The van der Waals surface area contributed by atoms with Crippen molar-refractivity contribution in [1.82, 2.24) is 4.98 Å². The molecule has 1 nitrogen and oxygen atoms in total. The summed E-state index contributed by atoms with van der Waals surface area (Å²) in [4.78, 5) is 3.78. The molecule has 0 aromatic carbocycles. The molecule has 0 aliphatic carbocycles. The summed E-state index contributed by atoms with van der Waals surface area (Å²) in [5.41, 5.74) is 1.06. The minimum Gasteiger partial charge on any atom is -0.449 e. The van der Waals surface area contributed by atoms with E-state index < -0.39 is 13.3 Å². The van der Waals surface area contributed by atoms with Gasteiger partial charge in [0.2, 0.25) is 0 Å². The van der Waals surface area contributed by atoms with Gasteiger partial charge in [0.05, 0.1) is 0 Å². The second-order valence-corrected chi connectivity index (χ2v) is 3.65. The summed E-state index contributed by atoms with van der Waals surface area (Å²) in [5.74, 6) is 0.299. The van der Waals surface area contributed by atoms with Crippen LogP contribution in [-0.4, -0.2) is 12.0 Å². The van der Waals surface area contributed by atoms with Gasteiger partial charge < -0.3 is 12.9 Å². The van der Waals surface area contributed by atoms with Gasteiger partial charge in [0, 0.05) is 11.9 Å². The molecule has 0 saturated carbocycles. The van der Waals surface area contributed by atoms with E-state index in [1.54, 1.807) is 6.07 Å². The lowest BCUT2D eigenvalue weighted by atomic mass is 9.84. The Balaban J connectivity index is 2.74. The van der Waals surface area contributed by atoms with Gasteiger partial charge in [0.15, 0.2) is 0 Å². The van der Waals surface area contributed by atoms with Gasteiger partial charge in [0.25, 0.3) is 0 Å². The molecule has 0 aliphatic rings. The monoisotopic (exact) mass is 202 g/mol. The minimum atomic E-state index is -4.77. The molecular formula is C9H12BF3N-. The van der Waals surface area contributed by atoms with E-state index in [9.17, 15) is 12.9 Å². The molecule has 0 unspecified atom stereocenters. The van der Waals surface area contributed by atoms with Crippen molar-refractivity contribution in [2.45, 2.75) is 26.1 Å². The summed E-state index contributed by atoms with van der Waals surface area (Å²) >= 11 is 0. The van der Waals surface area contributed by atoms with Crippen molar-refractivity contribution in [2.24, 2.45) is 0 Å². The third kappa shape index (κ3) is 3.40. The molecule has 1 aromatic heterocycles. The zero-order valence-corrected chi connectivity index (χ0v) is 8.17. The predicted molar refractivity (Wildman–Crippen MR) is 51.1 cm³/mol. The van der Waals surface area contributed by atoms with Crippen LogP contribution in [0.1, 0.15) is 31.0 Å². The van der Waals surface area contributed by atoms with E-state index in [2.05, 4.69) is 4.98 Å². The van der Waals surface area contributed by atoms with Gasteiger partial charge in [-0.05, 0) is 23.9 Å². The molecule has 1 rings (SSSR count). The summed E-state index contributed by atoms with van der Waals surface area (Å²) in [5, 5.41) is 0. The first-order valence-electron chi connectivity index (χ1n) is 4.54. The molecule has 0 bridgehead atoms. The molecule has 5 heteroatoms. The quantitative estimate of drug-likeness (QED) is 0.686. The summed E-state index contributed by atoms with van der Waals surface area (Å²) in [7, 11) is 0. The second kappa shape index (κ2) is 4.03. The molecule has 0 amide bonds. The van der Waals surface area contributed by atoms with Crippen LogP contribution in [0.5, 0.6) is 0 Å². The summed E-state index contributed by atoms with van der Waals surface area (Å²) in [6, 6.07) is 3.15. The normalized spacial score (nSPS) is 12.1. The fourth-order valence-electron chi connectivity index (χ4n) is 1.14. The van der Waals surface area contributed by atoms with Crippen LogP contribution >= 0.6 is 0 Å². The molecule has 0 N–H and O–H groups in total. The molecule has 0 saturated heterocycles. The Kier molecular flexibility index (Phi) is 3.19. The zero-order valence-electron chi connectivity index (χ0n) is 8.17. The van der Waals surface area contributed by atoms with Gasteiger partial charge in [-0.3, -0.25) is 4.98 Å². The predicted octanol–water partition coefficient (Wildman–Crippen LogP) is 3.13. The molecule has 78 valence electrons. The Labute approximate surface area is 81.4 Å². The minimum absolute atomic E-state index is 0.0990. The fraction of sp³-hybridized carbons (Fsp3) is 0.444. The standard InChI is InChI=1S/C9H12BF3N/c1-7(2)8-3-4-9(14-6-8)5-10(11,12)13/h3-4,6-7H,5H2,1-2H3/q-1. The van der Waals surface area contributed by atoms with E-state index in [0.29, 0.717) is 5.92 Å². The van der Waals surface area contributed by atoms with Crippen LogP contribution < -0.4 is 0 Å². The topological polar surface area (TPSA) is 12.9 Å². The van der Waals surface area contributed by atoms with Crippen molar-refractivity contribution in [1.29, 1.82) is 0 Å². The maximum atomic E-state index is 12.0. The van der Waals surface area contributed by atoms with Crippen molar-refractivity contribution < 1.29 is 12.9 Å². The van der Waals surface area contributed by atoms with Crippen molar-refractivity contribution in [3.8, 4) is 0 Å². The molecule has 1 aromatic rings. The van der Waals surface area contributed by atoms with E-state index in [4.69, 9.17) is 0 Å². The molecule has 0 spiro atoms. The van der Waals surface area contributed by atoms with Crippen LogP contribution in [0.2, 0.25) is 0 Å². The smallest absolute Gasteiger partial charge is 0.449 e. The lowest BCUT2D eigenvalue weighted by Crippen LogP contribution is -2.20. The maximum Gasteiger partial charge on any atom is 0.484 e. The summed E-state index contributed by atoms with van der Waals surface area (Å²) in [6.07, 6.45) is 0.625. The highest BCUT2D eigenvalue weighted by Crippen LogP contribution is 2.17. The Bertz CT molecular complexity index is 292. The Morgan fingerprint density at radius 3 is 2.29 bits per heavy atom. The molecular weight excluding hydrogens is 190 g/mol. The van der Waals surface area contributed by atoms with Crippen LogP contribution in [0.3, 0.4) is 0 Å². The highest BCUT2D eigenvalue weighted by atomic mass is 19.4. The Hall–Kier alpha value is -0.995. The highest BCUT2D eigenvalue weighted by molar-refractivity contribution is 6.57. The van der Waals surface area contributed by atoms with Crippen LogP contribution in [-0.2, 0) is 6.32 Å². The molecule has 14 heavy (non-hydrogen) atoms. The average Bonchev–Trinajstić information content (AvgIpc) is 2.02. The summed E-state index contributed by atoms with van der Waals surface area (Å²) in [6.45, 7) is -0.820. The van der Waals surface area contributed by atoms with E-state index in [1.165, 1.54) is 12.3 Å². The maximum absolute atomic E-state index is 12.0. The number of nitrogens with zero attached hydrogens (tertiary/aromatic N) is 1. The molecule has 1 heterocycles. The SMILES string of the molecule is CC(C)c1ccc(C[B-](F)(F)F)nc1. The van der Waals surface area contributed by atoms with Crippen LogP contribution in [0.4, 0.5) is 12.9 Å². The number of aromatic nitrogens is 1. The van der Waals surface area contributed by atoms with Gasteiger partial charge in [0.1, 0.15) is 0 Å². The lowest BCUT2D eigenvalue weighted by Gasteiger charge is -2.13. The lowest BCUT2D eigenvalue weighted by molar-refractivity contribution is 0.467. The van der Waals surface area contributed by atoms with Gasteiger partial charge >= 0.3 is 6.98 Å². The van der Waals surface area contributed by atoms with Gasteiger partial charge in [-0.1, -0.05) is 19.9 Å². The van der Waals surface area contributed by atoms with E-state index in [0.717, 1.165) is 5.56 Å². The van der Waals surface area contributed by atoms with Crippen molar-refractivity contribution in [3.05, 3.63) is 29.6 Å². The van der Waals surface area contributed by atoms with Crippen LogP contribution in [0, 0.1) is 0 Å². The highest BCUT2D eigenvalue weighted by Gasteiger charge is 2.23. The van der Waals surface area contributed by atoms with Gasteiger partial charge in [-0.2, -0.15) is 0 Å². The Morgan fingerprint density at radius 1 is 1.29 bits per heavy atom. The fourth-order valence-corrected chi connectivity index (χ4v) is 1.14. The summed E-state index contributed by atoms with van der Waals surface area (Å²) < 4.78 is 36.1. The number of halogens is 3. The number of pyridine rings is 1. The van der Waals surface area contributed by atoms with E-state index in [-0.39, 0.29) is 5.69 Å². The third-order valence-corrected chi connectivity index (χ3v) is 1.95. The first kappa shape index (κ1) is 11.1. The largest absolute Gasteiger partial charge is 0.484 e. The van der Waals surface area contributed by atoms with Gasteiger partial charge in [-0.25, -0.2) is 0 Å². The molecule has 0 fully saturated rings. The van der Waals surface area contributed by atoms with Crippen molar-refractivity contribution in [3.63, 3.8) is 0 Å². The molecule has 0 aliphatic heterocycles. The zero-order chi connectivity index (χ0) is 10.8. The first-order valence-corrected chi connectivity index (χ1v) is 4.54. The van der Waals surface area contributed by atoms with Gasteiger partial charge in [-0.15, -0.1) is 0 Å². The average molecular weight is 202 g/mol. The third-order valence-electron chi connectivity index (χ3n) is 1.95. The van der Waals surface area contributed by atoms with E-state index in [1.807, 2.05) is 13.8 Å². The second-order valence-electron chi connectivity index (χ2n) is 3.65. The molecule has 0 atom stereocenters. The first-order chi connectivity index (χ1) is 6.38. The van der Waals surface area contributed by atoms with Crippen LogP contribution in [0.15, 0.2) is 18.3 Å². The van der Waals surface area contributed by atoms with E-state index >= 15 is 0 Å². The number of hydrogen-bond acceptors (Lipinski definition) is 1. The number of rotatable bonds is 3. The Morgan fingerprint density at radius 2 is 1.93 bits per heavy atom. The number of hydrogen-bond donors (Lipinski definition) is 0. The molecule has 0 radical (unpaired) electrons. The van der Waals surface area contributed by atoms with Crippen molar-refractivity contribution >= 4 is 6.98 Å². The van der Waals surface area contributed by atoms with Crippen LogP contribution in [0.25, 0.3) is 0 Å². The van der Waals surface area contributed by atoms with Crippen molar-refractivity contribution in [2.75, 3.05) is 0 Å².